The molecule has 0 spiro atoms. The topological polar surface area (TPSA) is 17.1 Å². The van der Waals surface area contributed by atoms with E-state index < -0.39 is 0 Å². The molecule has 0 saturated heterocycles. The van der Waals surface area contributed by atoms with Crippen LogP contribution >= 0.6 is 0 Å². The van der Waals surface area contributed by atoms with Crippen molar-refractivity contribution in [2.45, 2.75) is 59.3 Å². The number of hydrogen-bond donors (Lipinski definition) is 0. The monoisotopic (exact) mass is 246 g/mol. The number of ketones is 1. The van der Waals surface area contributed by atoms with Crippen LogP contribution in [0.5, 0.6) is 0 Å². The van der Waals surface area contributed by atoms with Gasteiger partial charge in [-0.3, -0.25) is 4.79 Å². The Morgan fingerprint density at radius 2 is 1.61 bits per heavy atom. The minimum atomic E-state index is -0.229. The summed E-state index contributed by atoms with van der Waals surface area (Å²) in [5.74, 6) is 0.276. The van der Waals surface area contributed by atoms with Gasteiger partial charge in [0.05, 0.1) is 0 Å². The number of rotatable bonds is 8. The fraction of sp³-hybridized carbons (Fsp3) is 0.588. The Kier molecular flexibility index (Phi) is 6.11. The first-order valence-electron chi connectivity index (χ1n) is 7.18. The Morgan fingerprint density at radius 3 is 2.22 bits per heavy atom. The van der Waals surface area contributed by atoms with Crippen LogP contribution in [-0.2, 0) is 0 Å². The van der Waals surface area contributed by atoms with Crippen molar-refractivity contribution in [2.24, 2.45) is 5.41 Å². The van der Waals surface area contributed by atoms with Crippen molar-refractivity contribution in [3.05, 3.63) is 35.9 Å². The molecule has 1 rings (SSSR count). The molecule has 18 heavy (non-hydrogen) atoms. The third-order valence-electron chi connectivity index (χ3n) is 3.56. The van der Waals surface area contributed by atoms with Gasteiger partial charge in [-0.05, 0) is 6.42 Å². The Morgan fingerprint density at radius 1 is 1.00 bits per heavy atom. The summed E-state index contributed by atoms with van der Waals surface area (Å²) >= 11 is 0. The highest BCUT2D eigenvalue weighted by atomic mass is 16.1. The standard InChI is InChI=1S/C17H26O/c1-4-5-6-7-11-14-17(2,3)16(18)15-12-9-8-10-13-15/h8-10,12-13H,4-7,11,14H2,1-3H3. The molecule has 0 bridgehead atoms. The number of unbranched alkanes of at least 4 members (excludes halogenated alkanes) is 4. The number of hydrogen-bond acceptors (Lipinski definition) is 1. The van der Waals surface area contributed by atoms with Crippen LogP contribution in [0.4, 0.5) is 0 Å². The first-order chi connectivity index (χ1) is 8.58. The van der Waals surface area contributed by atoms with Gasteiger partial charge < -0.3 is 0 Å². The van der Waals surface area contributed by atoms with Gasteiger partial charge in [0.15, 0.2) is 5.78 Å². The lowest BCUT2D eigenvalue weighted by atomic mass is 9.80. The molecule has 1 aromatic rings. The third kappa shape index (κ3) is 4.64. The molecule has 0 aliphatic rings. The maximum atomic E-state index is 12.4. The summed E-state index contributed by atoms with van der Waals surface area (Å²) in [5.41, 5.74) is 0.615. The van der Waals surface area contributed by atoms with E-state index in [1.54, 1.807) is 0 Å². The van der Waals surface area contributed by atoms with Crippen LogP contribution in [0.3, 0.4) is 0 Å². The molecule has 1 aromatic carbocycles. The van der Waals surface area contributed by atoms with Gasteiger partial charge in [0, 0.05) is 11.0 Å². The lowest BCUT2D eigenvalue weighted by molar-refractivity contribution is 0.0822. The van der Waals surface area contributed by atoms with E-state index in [1.165, 1.54) is 25.7 Å². The Labute approximate surface area is 112 Å². The van der Waals surface area contributed by atoms with E-state index in [0.29, 0.717) is 0 Å². The largest absolute Gasteiger partial charge is 0.294 e. The van der Waals surface area contributed by atoms with Gasteiger partial charge in [-0.25, -0.2) is 0 Å². The fourth-order valence-corrected chi connectivity index (χ4v) is 2.26. The summed E-state index contributed by atoms with van der Waals surface area (Å²) in [6.07, 6.45) is 7.28. The highest BCUT2D eigenvalue weighted by Crippen LogP contribution is 2.28. The van der Waals surface area contributed by atoms with E-state index >= 15 is 0 Å². The van der Waals surface area contributed by atoms with E-state index in [1.807, 2.05) is 30.3 Å². The molecule has 0 amide bonds. The maximum absolute atomic E-state index is 12.4. The van der Waals surface area contributed by atoms with E-state index in [2.05, 4.69) is 20.8 Å². The zero-order valence-corrected chi connectivity index (χ0v) is 12.0. The van der Waals surface area contributed by atoms with Crippen LogP contribution in [0.2, 0.25) is 0 Å². The van der Waals surface area contributed by atoms with Crippen molar-refractivity contribution in [3.63, 3.8) is 0 Å². The fourth-order valence-electron chi connectivity index (χ4n) is 2.26. The van der Waals surface area contributed by atoms with Crippen molar-refractivity contribution in [1.29, 1.82) is 0 Å². The molecule has 1 nitrogen and oxygen atoms in total. The zero-order chi connectivity index (χ0) is 13.4. The quantitative estimate of drug-likeness (QED) is 0.452. The van der Waals surface area contributed by atoms with E-state index in [4.69, 9.17) is 0 Å². The predicted octanol–water partition coefficient (Wildman–Crippen LogP) is 5.26. The van der Waals surface area contributed by atoms with E-state index in [-0.39, 0.29) is 11.2 Å². The lowest BCUT2D eigenvalue weighted by Gasteiger charge is -2.23. The van der Waals surface area contributed by atoms with Gasteiger partial charge in [0.25, 0.3) is 0 Å². The molecular weight excluding hydrogens is 220 g/mol. The highest BCUT2D eigenvalue weighted by Gasteiger charge is 2.27. The second kappa shape index (κ2) is 7.35. The van der Waals surface area contributed by atoms with Gasteiger partial charge in [0.1, 0.15) is 0 Å². The molecule has 0 fully saturated rings. The smallest absolute Gasteiger partial charge is 0.168 e. The van der Waals surface area contributed by atoms with Gasteiger partial charge in [-0.15, -0.1) is 0 Å². The van der Waals surface area contributed by atoms with Gasteiger partial charge >= 0.3 is 0 Å². The Bertz CT molecular complexity index is 351. The van der Waals surface area contributed by atoms with Crippen LogP contribution in [0.1, 0.15) is 69.7 Å². The summed E-state index contributed by atoms with van der Waals surface area (Å²) in [6.45, 7) is 6.37. The average molecular weight is 246 g/mol. The molecule has 0 N–H and O–H groups in total. The van der Waals surface area contributed by atoms with Gasteiger partial charge in [-0.1, -0.05) is 83.2 Å². The van der Waals surface area contributed by atoms with Crippen molar-refractivity contribution in [3.8, 4) is 0 Å². The number of carbonyl (C=O) groups is 1. The van der Waals surface area contributed by atoms with Crippen molar-refractivity contribution < 1.29 is 4.79 Å². The van der Waals surface area contributed by atoms with Crippen LogP contribution in [-0.4, -0.2) is 5.78 Å². The molecule has 100 valence electrons. The summed E-state index contributed by atoms with van der Waals surface area (Å²) in [5, 5.41) is 0. The van der Waals surface area contributed by atoms with Crippen molar-refractivity contribution in [1.82, 2.24) is 0 Å². The second-order valence-electron chi connectivity index (χ2n) is 5.74. The number of benzene rings is 1. The van der Waals surface area contributed by atoms with Crippen molar-refractivity contribution in [2.75, 3.05) is 0 Å². The van der Waals surface area contributed by atoms with Crippen molar-refractivity contribution >= 4 is 5.78 Å². The van der Waals surface area contributed by atoms with E-state index in [0.717, 1.165) is 18.4 Å². The van der Waals surface area contributed by atoms with Crippen LogP contribution < -0.4 is 0 Å². The molecule has 0 heterocycles. The minimum absolute atomic E-state index is 0.229. The second-order valence-corrected chi connectivity index (χ2v) is 5.74. The summed E-state index contributed by atoms with van der Waals surface area (Å²) < 4.78 is 0. The summed E-state index contributed by atoms with van der Waals surface area (Å²) in [4.78, 5) is 12.4. The van der Waals surface area contributed by atoms with Crippen LogP contribution in [0, 0.1) is 5.41 Å². The van der Waals surface area contributed by atoms with Crippen LogP contribution in [0.25, 0.3) is 0 Å². The van der Waals surface area contributed by atoms with Gasteiger partial charge in [0.2, 0.25) is 0 Å². The molecule has 0 aromatic heterocycles. The number of Topliss-reactive ketones (excluding diaryl/α,β-unsaturated/α-hetero) is 1. The Balaban J connectivity index is 2.45. The first kappa shape index (κ1) is 14.9. The van der Waals surface area contributed by atoms with E-state index in [9.17, 15) is 4.79 Å². The molecule has 0 radical (unpaired) electrons. The summed E-state index contributed by atoms with van der Waals surface area (Å²) in [7, 11) is 0. The molecular formula is C17H26O. The lowest BCUT2D eigenvalue weighted by Crippen LogP contribution is -2.24. The normalized spacial score (nSPS) is 11.5. The highest BCUT2D eigenvalue weighted by molar-refractivity contribution is 5.99. The average Bonchev–Trinajstić information content (AvgIpc) is 2.38. The zero-order valence-electron chi connectivity index (χ0n) is 12.0. The van der Waals surface area contributed by atoms with Gasteiger partial charge in [-0.2, -0.15) is 0 Å². The minimum Gasteiger partial charge on any atom is -0.294 e. The molecule has 0 aliphatic heterocycles. The third-order valence-corrected chi connectivity index (χ3v) is 3.56. The summed E-state index contributed by atoms with van der Waals surface area (Å²) in [6, 6.07) is 9.66. The molecule has 0 aliphatic carbocycles. The first-order valence-corrected chi connectivity index (χ1v) is 7.18. The maximum Gasteiger partial charge on any atom is 0.168 e. The number of carbonyl (C=O) groups excluding carboxylic acids is 1. The molecule has 0 atom stereocenters. The Hall–Kier alpha value is -1.11. The SMILES string of the molecule is CCCCCCCC(C)(C)C(=O)c1ccccc1. The van der Waals surface area contributed by atoms with Crippen LogP contribution in [0.15, 0.2) is 30.3 Å². The molecule has 0 saturated carbocycles. The molecule has 0 unspecified atom stereocenters. The molecule has 1 heteroatoms. The predicted molar refractivity (Wildman–Crippen MR) is 77.9 cm³/mol.